The van der Waals surface area contributed by atoms with E-state index in [0.29, 0.717) is 6.42 Å². The number of fused-ring (bicyclic) bond motifs is 1. The van der Waals surface area contributed by atoms with Crippen LogP contribution in [0.15, 0.2) is 0 Å². The van der Waals surface area contributed by atoms with E-state index in [1.807, 2.05) is 0 Å². The lowest BCUT2D eigenvalue weighted by molar-refractivity contribution is -0.136. The van der Waals surface area contributed by atoms with Crippen LogP contribution in [0.4, 0.5) is 5.00 Å². The largest absolute Gasteiger partial charge is 0.478 e. The number of aliphatic hydroxyl groups excluding tert-OH is 1. The normalized spacial score (nSPS) is 12.8. The number of aromatic carboxylic acids is 1. The van der Waals surface area contributed by atoms with Crippen molar-refractivity contribution in [2.75, 3.05) is 18.5 Å². The average Bonchev–Trinajstić information content (AvgIpc) is 2.95. The molecule has 1 aromatic rings. The maximum Gasteiger partial charge on any atom is 0.339 e. The highest BCUT2D eigenvalue weighted by Crippen LogP contribution is 2.38. The van der Waals surface area contributed by atoms with Gasteiger partial charge in [0, 0.05) is 11.4 Å². The van der Waals surface area contributed by atoms with Crippen LogP contribution in [0.1, 0.15) is 27.2 Å². The van der Waals surface area contributed by atoms with E-state index in [0.717, 1.165) is 23.3 Å². The summed E-state index contributed by atoms with van der Waals surface area (Å²) in [5, 5.41) is 22.5. The van der Waals surface area contributed by atoms with Crippen LogP contribution >= 0.6 is 11.3 Å². The minimum absolute atomic E-state index is 0.0288. The van der Waals surface area contributed by atoms with Crippen molar-refractivity contribution in [1.29, 1.82) is 0 Å². The van der Waals surface area contributed by atoms with Crippen LogP contribution in [0, 0.1) is 0 Å². The van der Waals surface area contributed by atoms with Crippen LogP contribution in [0.2, 0.25) is 0 Å². The summed E-state index contributed by atoms with van der Waals surface area (Å²) in [6.45, 7) is -0.300. The highest BCUT2D eigenvalue weighted by atomic mass is 32.1. The standard InChI is InChI=1S/C12H14N2O5S/c15-5-4-13-9(16)10(17)14-11-8(12(18)19)6-2-1-3-7(6)20-11/h15H,1-5H2,(H,13,16)(H,14,17)(H,18,19). The molecule has 0 radical (unpaired) electrons. The maximum atomic E-state index is 11.6. The number of carboxylic acid groups (broad SMARTS) is 1. The summed E-state index contributed by atoms with van der Waals surface area (Å²) in [4.78, 5) is 35.3. The van der Waals surface area contributed by atoms with Gasteiger partial charge in [-0.1, -0.05) is 0 Å². The van der Waals surface area contributed by atoms with E-state index in [2.05, 4.69) is 10.6 Å². The molecule has 8 heteroatoms. The van der Waals surface area contributed by atoms with Crippen LogP contribution in [-0.4, -0.2) is 41.1 Å². The molecule has 1 heterocycles. The number of nitrogens with one attached hydrogen (secondary N) is 2. The molecule has 4 N–H and O–H groups in total. The van der Waals surface area contributed by atoms with Crippen LogP contribution in [-0.2, 0) is 22.4 Å². The molecule has 0 spiro atoms. The Balaban J connectivity index is 2.16. The summed E-state index contributed by atoms with van der Waals surface area (Å²) in [6.07, 6.45) is 2.39. The molecule has 0 saturated carbocycles. The van der Waals surface area contributed by atoms with Gasteiger partial charge in [-0.3, -0.25) is 9.59 Å². The van der Waals surface area contributed by atoms with Gasteiger partial charge in [-0.05, 0) is 24.8 Å². The van der Waals surface area contributed by atoms with Crippen molar-refractivity contribution in [1.82, 2.24) is 5.32 Å². The zero-order valence-corrected chi connectivity index (χ0v) is 11.4. The van der Waals surface area contributed by atoms with E-state index < -0.39 is 17.8 Å². The molecule has 0 aromatic carbocycles. The van der Waals surface area contributed by atoms with Gasteiger partial charge < -0.3 is 20.8 Å². The molecule has 0 unspecified atom stereocenters. The molecule has 2 amide bonds. The molecule has 0 bridgehead atoms. The smallest absolute Gasteiger partial charge is 0.339 e. The van der Waals surface area contributed by atoms with E-state index in [4.69, 9.17) is 5.11 Å². The Hall–Kier alpha value is -1.93. The summed E-state index contributed by atoms with van der Waals surface area (Å²) >= 11 is 1.20. The second kappa shape index (κ2) is 6.02. The zero-order valence-electron chi connectivity index (χ0n) is 10.6. The van der Waals surface area contributed by atoms with Crippen molar-refractivity contribution in [2.45, 2.75) is 19.3 Å². The van der Waals surface area contributed by atoms with Gasteiger partial charge in [0.15, 0.2) is 0 Å². The van der Waals surface area contributed by atoms with Crippen molar-refractivity contribution in [3.05, 3.63) is 16.0 Å². The minimum atomic E-state index is -1.10. The van der Waals surface area contributed by atoms with Crippen molar-refractivity contribution in [2.24, 2.45) is 0 Å². The van der Waals surface area contributed by atoms with Crippen LogP contribution in [0.3, 0.4) is 0 Å². The minimum Gasteiger partial charge on any atom is -0.478 e. The summed E-state index contributed by atoms with van der Waals surface area (Å²) in [5.41, 5.74) is 0.847. The van der Waals surface area contributed by atoms with Gasteiger partial charge in [-0.25, -0.2) is 4.79 Å². The number of carbonyl (C=O) groups is 3. The Morgan fingerprint density at radius 1 is 1.20 bits per heavy atom. The molecule has 108 valence electrons. The summed E-state index contributed by atoms with van der Waals surface area (Å²) in [7, 11) is 0. The lowest BCUT2D eigenvalue weighted by Gasteiger charge is -2.05. The molecule has 1 aromatic heterocycles. The Morgan fingerprint density at radius 3 is 2.60 bits per heavy atom. The van der Waals surface area contributed by atoms with Gasteiger partial charge in [0.2, 0.25) is 0 Å². The zero-order chi connectivity index (χ0) is 14.7. The van der Waals surface area contributed by atoms with E-state index in [1.54, 1.807) is 0 Å². The third-order valence-corrected chi connectivity index (χ3v) is 4.17. The summed E-state index contributed by atoms with van der Waals surface area (Å²) in [6, 6.07) is 0. The molecule has 7 nitrogen and oxygen atoms in total. The van der Waals surface area contributed by atoms with Crippen molar-refractivity contribution in [3.63, 3.8) is 0 Å². The predicted octanol–water partition coefficient (Wildman–Crippen LogP) is -0.0180. The molecule has 0 aliphatic heterocycles. The Labute approximate surface area is 118 Å². The molecule has 1 aliphatic rings. The highest BCUT2D eigenvalue weighted by Gasteiger charge is 2.28. The number of rotatable bonds is 4. The van der Waals surface area contributed by atoms with Gasteiger partial charge in [0.05, 0.1) is 12.2 Å². The first-order chi connectivity index (χ1) is 9.54. The number of hydrogen-bond donors (Lipinski definition) is 4. The Bertz CT molecular complexity index is 566. The van der Waals surface area contributed by atoms with E-state index >= 15 is 0 Å². The van der Waals surface area contributed by atoms with Crippen molar-refractivity contribution in [3.8, 4) is 0 Å². The molecule has 1 aliphatic carbocycles. The Kier molecular flexibility index (Phi) is 4.35. The van der Waals surface area contributed by atoms with Gasteiger partial charge in [-0.2, -0.15) is 0 Å². The van der Waals surface area contributed by atoms with E-state index in [-0.39, 0.29) is 23.7 Å². The number of anilines is 1. The first-order valence-electron chi connectivity index (χ1n) is 6.12. The van der Waals surface area contributed by atoms with Gasteiger partial charge in [-0.15, -0.1) is 11.3 Å². The fourth-order valence-corrected chi connectivity index (χ4v) is 3.40. The topological polar surface area (TPSA) is 116 Å². The van der Waals surface area contributed by atoms with E-state index in [1.165, 1.54) is 11.3 Å². The second-order valence-corrected chi connectivity index (χ2v) is 5.41. The Morgan fingerprint density at radius 2 is 1.95 bits per heavy atom. The van der Waals surface area contributed by atoms with Crippen molar-refractivity contribution >= 4 is 34.1 Å². The van der Waals surface area contributed by atoms with Gasteiger partial charge in [0.1, 0.15) is 5.00 Å². The summed E-state index contributed by atoms with van der Waals surface area (Å²) < 4.78 is 0. The fraction of sp³-hybridized carbons (Fsp3) is 0.417. The highest BCUT2D eigenvalue weighted by molar-refractivity contribution is 7.17. The van der Waals surface area contributed by atoms with Crippen molar-refractivity contribution < 1.29 is 24.6 Å². The number of thiophene rings is 1. The average molecular weight is 298 g/mol. The first-order valence-corrected chi connectivity index (χ1v) is 6.94. The lowest BCUT2D eigenvalue weighted by Crippen LogP contribution is -2.36. The monoisotopic (exact) mass is 298 g/mol. The molecular formula is C12H14N2O5S. The number of aliphatic hydroxyl groups is 1. The van der Waals surface area contributed by atoms with Crippen LogP contribution < -0.4 is 10.6 Å². The number of aryl methyl sites for hydroxylation is 1. The SMILES string of the molecule is O=C(NCCO)C(=O)Nc1sc2c(c1C(=O)O)CCC2. The molecule has 0 atom stereocenters. The second-order valence-electron chi connectivity index (χ2n) is 4.30. The lowest BCUT2D eigenvalue weighted by atomic mass is 10.1. The van der Waals surface area contributed by atoms with Crippen LogP contribution in [0.25, 0.3) is 0 Å². The van der Waals surface area contributed by atoms with Gasteiger partial charge >= 0.3 is 17.8 Å². The molecular weight excluding hydrogens is 284 g/mol. The first kappa shape index (κ1) is 14.5. The molecule has 2 rings (SSSR count). The quantitative estimate of drug-likeness (QED) is 0.583. The number of carboxylic acids is 1. The van der Waals surface area contributed by atoms with Gasteiger partial charge in [0.25, 0.3) is 0 Å². The fourth-order valence-electron chi connectivity index (χ4n) is 2.13. The predicted molar refractivity (Wildman–Crippen MR) is 72.0 cm³/mol. The number of hydrogen-bond acceptors (Lipinski definition) is 5. The molecule has 0 saturated heterocycles. The van der Waals surface area contributed by atoms with E-state index in [9.17, 15) is 19.5 Å². The third kappa shape index (κ3) is 2.81. The van der Waals surface area contributed by atoms with Crippen LogP contribution in [0.5, 0.6) is 0 Å². The number of carbonyl (C=O) groups excluding carboxylic acids is 2. The summed E-state index contributed by atoms with van der Waals surface area (Å²) in [5.74, 6) is -2.93. The third-order valence-electron chi connectivity index (χ3n) is 2.97. The number of amides is 2. The maximum absolute atomic E-state index is 11.6. The molecule has 20 heavy (non-hydrogen) atoms. The molecule has 0 fully saturated rings.